The summed E-state index contributed by atoms with van der Waals surface area (Å²) in [4.78, 5) is 5.38. The topological polar surface area (TPSA) is 30.0 Å². The Morgan fingerprint density at radius 1 is 1.10 bits per heavy atom. The maximum Gasteiger partial charge on any atom is 0.118 e. The molecule has 2 aromatic carbocycles. The molecule has 0 unspecified atom stereocenters. The lowest BCUT2D eigenvalue weighted by Crippen LogP contribution is -1.91. The molecular weight excluding hydrogens is 286 g/mol. The molecule has 1 aromatic heterocycles. The quantitative estimate of drug-likeness (QED) is 0.726. The number of aromatic nitrogens is 1. The van der Waals surface area contributed by atoms with E-state index in [4.69, 9.17) is 0 Å². The lowest BCUT2D eigenvalue weighted by molar-refractivity contribution is 0.692. The Balaban J connectivity index is 2.09. The molecule has 0 spiro atoms. The highest BCUT2D eigenvalue weighted by Gasteiger charge is 2.08. The molecule has 0 N–H and O–H groups in total. The maximum absolute atomic E-state index is 12.0. The largest absolute Gasteiger partial charge is 0.255 e. The highest BCUT2D eigenvalue weighted by molar-refractivity contribution is 7.94. The molecule has 0 bridgehead atoms. The van der Waals surface area contributed by atoms with Crippen molar-refractivity contribution >= 4 is 43.3 Å². The standard InChI is InChI=1S/C16H13NOS2/c1-20(18)15(12-7-3-2-4-8-12)11-16-17-13-9-5-6-10-14(13)19-16/h2-11H,1H3/b15-11-/t20-/m0/s1. The molecule has 0 amide bonds. The Bertz CT molecular complexity index is 757. The van der Waals surface area contributed by atoms with Crippen LogP contribution >= 0.6 is 11.3 Å². The average molecular weight is 299 g/mol. The Hall–Kier alpha value is -1.78. The van der Waals surface area contributed by atoms with Crippen LogP contribution in [0.4, 0.5) is 0 Å². The summed E-state index contributed by atoms with van der Waals surface area (Å²) in [5.41, 5.74) is 1.96. The van der Waals surface area contributed by atoms with E-state index in [1.54, 1.807) is 17.6 Å². The van der Waals surface area contributed by atoms with Gasteiger partial charge < -0.3 is 0 Å². The Morgan fingerprint density at radius 2 is 1.80 bits per heavy atom. The van der Waals surface area contributed by atoms with Crippen molar-refractivity contribution in [1.29, 1.82) is 0 Å². The lowest BCUT2D eigenvalue weighted by Gasteiger charge is -2.03. The van der Waals surface area contributed by atoms with Crippen molar-refractivity contribution < 1.29 is 4.21 Å². The van der Waals surface area contributed by atoms with Crippen LogP contribution in [0.5, 0.6) is 0 Å². The molecule has 4 heteroatoms. The van der Waals surface area contributed by atoms with E-state index >= 15 is 0 Å². The normalized spacial score (nSPS) is 13.6. The molecule has 0 aliphatic rings. The van der Waals surface area contributed by atoms with Gasteiger partial charge in [-0.15, -0.1) is 11.3 Å². The zero-order valence-corrected chi connectivity index (χ0v) is 12.6. The predicted octanol–water partition coefficient (Wildman–Crippen LogP) is 4.17. The van der Waals surface area contributed by atoms with E-state index in [9.17, 15) is 4.21 Å². The van der Waals surface area contributed by atoms with Crippen molar-refractivity contribution in [2.24, 2.45) is 0 Å². The zero-order valence-electron chi connectivity index (χ0n) is 10.9. The Labute approximate surface area is 124 Å². The highest BCUT2D eigenvalue weighted by Crippen LogP contribution is 2.27. The number of benzene rings is 2. The van der Waals surface area contributed by atoms with Gasteiger partial charge in [0, 0.05) is 11.2 Å². The summed E-state index contributed by atoms with van der Waals surface area (Å²) in [5, 5.41) is 0.889. The number of fused-ring (bicyclic) bond motifs is 1. The number of rotatable bonds is 3. The molecule has 0 radical (unpaired) electrons. The third-order valence-corrected chi connectivity index (χ3v) is 4.89. The summed E-state index contributed by atoms with van der Waals surface area (Å²) < 4.78 is 13.1. The smallest absolute Gasteiger partial charge is 0.118 e. The fraction of sp³-hybridized carbons (Fsp3) is 0.0625. The molecule has 3 rings (SSSR count). The van der Waals surface area contributed by atoms with Crippen molar-refractivity contribution in [1.82, 2.24) is 4.98 Å². The number of thiazole rings is 1. The van der Waals surface area contributed by atoms with Gasteiger partial charge in [-0.05, 0) is 23.8 Å². The van der Waals surface area contributed by atoms with Gasteiger partial charge >= 0.3 is 0 Å². The zero-order chi connectivity index (χ0) is 13.9. The number of hydrogen-bond donors (Lipinski definition) is 0. The summed E-state index contributed by atoms with van der Waals surface area (Å²) >= 11 is 1.62. The molecule has 1 atom stereocenters. The first kappa shape index (κ1) is 13.2. The van der Waals surface area contributed by atoms with Crippen LogP contribution in [0.2, 0.25) is 0 Å². The van der Waals surface area contributed by atoms with Crippen LogP contribution in [0.1, 0.15) is 10.6 Å². The fourth-order valence-corrected chi connectivity index (χ4v) is 3.73. The van der Waals surface area contributed by atoms with Gasteiger partial charge in [-0.1, -0.05) is 42.5 Å². The predicted molar refractivity (Wildman–Crippen MR) is 88.0 cm³/mol. The van der Waals surface area contributed by atoms with Gasteiger partial charge in [0.2, 0.25) is 0 Å². The average Bonchev–Trinajstić information content (AvgIpc) is 2.88. The highest BCUT2D eigenvalue weighted by atomic mass is 32.2. The van der Waals surface area contributed by atoms with E-state index in [0.717, 1.165) is 25.7 Å². The second-order valence-electron chi connectivity index (χ2n) is 4.35. The second-order valence-corrected chi connectivity index (χ2v) is 6.76. The first-order chi connectivity index (χ1) is 9.74. The van der Waals surface area contributed by atoms with Crippen molar-refractivity contribution in [3.63, 3.8) is 0 Å². The molecule has 0 aliphatic carbocycles. The van der Waals surface area contributed by atoms with E-state index in [2.05, 4.69) is 11.1 Å². The summed E-state index contributed by atoms with van der Waals surface area (Å²) in [6.45, 7) is 0. The van der Waals surface area contributed by atoms with Gasteiger partial charge in [0.15, 0.2) is 0 Å². The van der Waals surface area contributed by atoms with E-state index in [-0.39, 0.29) is 0 Å². The molecule has 0 aliphatic heterocycles. The Morgan fingerprint density at radius 3 is 2.50 bits per heavy atom. The van der Waals surface area contributed by atoms with Crippen LogP contribution in [0.15, 0.2) is 54.6 Å². The number of para-hydroxylation sites is 1. The molecule has 2 nitrogen and oxygen atoms in total. The molecule has 100 valence electrons. The molecule has 0 saturated heterocycles. The fourth-order valence-electron chi connectivity index (χ4n) is 2.00. The van der Waals surface area contributed by atoms with Crippen LogP contribution in [-0.4, -0.2) is 15.4 Å². The minimum atomic E-state index is -1.05. The van der Waals surface area contributed by atoms with Crippen molar-refractivity contribution in [3.8, 4) is 0 Å². The maximum atomic E-state index is 12.0. The molecule has 1 heterocycles. The monoisotopic (exact) mass is 299 g/mol. The second kappa shape index (κ2) is 5.69. The first-order valence-electron chi connectivity index (χ1n) is 6.20. The van der Waals surface area contributed by atoms with E-state index in [0.29, 0.717) is 0 Å². The minimum Gasteiger partial charge on any atom is -0.255 e. The third kappa shape index (κ3) is 2.71. The summed E-state index contributed by atoms with van der Waals surface area (Å²) in [6.07, 6.45) is 3.63. The Kier molecular flexibility index (Phi) is 3.76. The summed E-state index contributed by atoms with van der Waals surface area (Å²) in [7, 11) is -1.05. The van der Waals surface area contributed by atoms with E-state index in [1.165, 1.54) is 0 Å². The summed E-state index contributed by atoms with van der Waals surface area (Å²) in [5.74, 6) is 0. The number of nitrogens with zero attached hydrogens (tertiary/aromatic N) is 1. The van der Waals surface area contributed by atoms with Gasteiger partial charge in [0.1, 0.15) is 5.01 Å². The SMILES string of the molecule is C[S@](=O)/C(=C\c1nc2ccccc2s1)c1ccccc1. The van der Waals surface area contributed by atoms with Crippen LogP contribution < -0.4 is 0 Å². The van der Waals surface area contributed by atoms with Crippen LogP contribution in [0.25, 0.3) is 21.2 Å². The third-order valence-electron chi connectivity index (χ3n) is 2.93. The molecule has 0 fully saturated rings. The molecule has 3 aromatic rings. The van der Waals surface area contributed by atoms with Gasteiger partial charge in [-0.25, -0.2) is 4.98 Å². The first-order valence-corrected chi connectivity index (χ1v) is 8.57. The van der Waals surface area contributed by atoms with Gasteiger partial charge in [0.25, 0.3) is 0 Å². The van der Waals surface area contributed by atoms with Gasteiger partial charge in [-0.2, -0.15) is 0 Å². The molecule has 0 saturated carbocycles. The molecule has 20 heavy (non-hydrogen) atoms. The van der Waals surface area contributed by atoms with Crippen LogP contribution in [0.3, 0.4) is 0 Å². The molecular formula is C16H13NOS2. The van der Waals surface area contributed by atoms with Crippen LogP contribution in [-0.2, 0) is 10.8 Å². The minimum absolute atomic E-state index is 0.810. The van der Waals surface area contributed by atoms with Crippen LogP contribution in [0, 0.1) is 0 Å². The summed E-state index contributed by atoms with van der Waals surface area (Å²) in [6, 6.07) is 17.8. The van der Waals surface area contributed by atoms with Gasteiger partial charge in [-0.3, -0.25) is 4.21 Å². The van der Waals surface area contributed by atoms with E-state index < -0.39 is 10.8 Å². The van der Waals surface area contributed by atoms with Crippen molar-refractivity contribution in [2.45, 2.75) is 0 Å². The van der Waals surface area contributed by atoms with Crippen molar-refractivity contribution in [3.05, 3.63) is 65.2 Å². The van der Waals surface area contributed by atoms with Crippen molar-refractivity contribution in [2.75, 3.05) is 6.26 Å². The van der Waals surface area contributed by atoms with Gasteiger partial charge in [0.05, 0.1) is 21.0 Å². The van der Waals surface area contributed by atoms with E-state index in [1.807, 2.05) is 54.6 Å². The number of hydrogen-bond acceptors (Lipinski definition) is 3. The lowest BCUT2D eigenvalue weighted by atomic mass is 10.2.